The number of ether oxygens (including phenoxy) is 3. The summed E-state index contributed by atoms with van der Waals surface area (Å²) in [4.78, 5) is 53.1. The number of fused-ring (bicyclic) bond motifs is 4. The Labute approximate surface area is 365 Å². The maximum absolute atomic E-state index is 14.0. The van der Waals surface area contributed by atoms with E-state index in [0.717, 1.165) is 51.8 Å². The highest BCUT2D eigenvalue weighted by Crippen LogP contribution is 2.36. The third kappa shape index (κ3) is 8.19. The number of piperidine rings is 2. The van der Waals surface area contributed by atoms with Gasteiger partial charge in [-0.2, -0.15) is 13.2 Å². The summed E-state index contributed by atoms with van der Waals surface area (Å²) in [5.74, 6) is 5.61. The normalized spacial score (nSPS) is 20.2. The Bertz CT molecular complexity index is 2880. The summed E-state index contributed by atoms with van der Waals surface area (Å²) in [6, 6.07) is 19.0. The van der Waals surface area contributed by atoms with Crippen molar-refractivity contribution in [1.82, 2.24) is 29.7 Å². The second-order valence-corrected chi connectivity index (χ2v) is 16.6. The van der Waals surface area contributed by atoms with Crippen LogP contribution in [0.4, 0.5) is 19.0 Å². The number of benzene rings is 2. The smallest absolute Gasteiger partial charge is 0.433 e. The number of nitrogens with one attached hydrogen (secondary N) is 1. The van der Waals surface area contributed by atoms with E-state index in [4.69, 9.17) is 14.2 Å². The third-order valence-corrected chi connectivity index (χ3v) is 12.5. The van der Waals surface area contributed by atoms with Gasteiger partial charge in [0.2, 0.25) is 17.7 Å². The molecule has 4 aliphatic rings. The molecule has 6 aromatic rings. The molecule has 3 fully saturated rings. The zero-order valence-corrected chi connectivity index (χ0v) is 34.7. The Kier molecular flexibility index (Phi) is 10.7. The van der Waals surface area contributed by atoms with E-state index in [9.17, 15) is 27.6 Å². The number of hydrogen-bond donors (Lipinski definition) is 1. The molecule has 3 amide bonds. The van der Waals surface area contributed by atoms with Crippen LogP contribution in [0.5, 0.6) is 11.6 Å². The second kappa shape index (κ2) is 16.6. The number of aryl methyl sites for hydroxylation is 1. The van der Waals surface area contributed by atoms with Crippen LogP contribution in [0.3, 0.4) is 0 Å². The molecule has 16 heteroatoms. The van der Waals surface area contributed by atoms with Gasteiger partial charge in [-0.15, -0.1) is 0 Å². The predicted octanol–water partition coefficient (Wildman–Crippen LogP) is 6.99. The van der Waals surface area contributed by atoms with Gasteiger partial charge in [-0.25, -0.2) is 9.97 Å². The van der Waals surface area contributed by atoms with E-state index in [1.807, 2.05) is 35.5 Å². The molecule has 326 valence electrons. The van der Waals surface area contributed by atoms with Crippen molar-refractivity contribution in [2.24, 2.45) is 7.05 Å². The number of alkyl halides is 3. The molecule has 1 atom stereocenters. The molecule has 0 radical (unpaired) electrons. The standard InChI is InChI=1S/C48H42F3N7O6/c1-56-39-12-15-52-26-38(39)37-7-4-29(22-41(37)56)30-5-11-45(53-25-30)64-35-23-34(24-35)63-32-13-16-57(17-14-32)43-20-28(19-42(54-43)48(49,50)51)3-2-18-62-33-6-8-36-31(21-33)27-58(47(36)61)40-9-10-44(59)55-46(40)60/h4-8,11-12,15,19-22,25-26,32,34-35,40H,9-10,13-14,16-18,23-24,27H2,1H3,(H,55,59,60)/t34-,35-,40?. The van der Waals surface area contributed by atoms with Crippen LogP contribution < -0.4 is 19.7 Å². The van der Waals surface area contributed by atoms with Crippen LogP contribution in [0.1, 0.15) is 65.7 Å². The van der Waals surface area contributed by atoms with E-state index in [-0.39, 0.29) is 67.5 Å². The molecular formula is C48H42F3N7O6. The van der Waals surface area contributed by atoms with Gasteiger partial charge in [-0.3, -0.25) is 24.7 Å². The highest BCUT2D eigenvalue weighted by molar-refractivity contribution is 6.08. The largest absolute Gasteiger partial charge is 0.481 e. The number of pyridine rings is 3. The van der Waals surface area contributed by atoms with Crippen molar-refractivity contribution in [2.45, 2.75) is 75.6 Å². The molecule has 2 saturated heterocycles. The van der Waals surface area contributed by atoms with E-state index in [1.54, 1.807) is 30.5 Å². The fourth-order valence-electron chi connectivity index (χ4n) is 9.04. The summed E-state index contributed by atoms with van der Waals surface area (Å²) in [6.07, 6.45) is 3.98. The van der Waals surface area contributed by atoms with E-state index in [1.165, 1.54) is 4.90 Å². The van der Waals surface area contributed by atoms with E-state index in [0.29, 0.717) is 48.7 Å². The van der Waals surface area contributed by atoms with Gasteiger partial charge in [-0.05, 0) is 78.9 Å². The number of rotatable bonds is 9. The Morgan fingerprint density at radius 3 is 2.47 bits per heavy atom. The van der Waals surface area contributed by atoms with Crippen LogP contribution in [0.25, 0.3) is 32.9 Å². The zero-order valence-electron chi connectivity index (χ0n) is 34.7. The number of hydrogen-bond acceptors (Lipinski definition) is 10. The topological polar surface area (TPSA) is 141 Å². The van der Waals surface area contributed by atoms with Crippen molar-refractivity contribution in [3.63, 3.8) is 0 Å². The Balaban J connectivity index is 0.700. The highest BCUT2D eigenvalue weighted by Gasteiger charge is 2.40. The van der Waals surface area contributed by atoms with Crippen LogP contribution in [0, 0.1) is 11.8 Å². The molecule has 13 nitrogen and oxygen atoms in total. The van der Waals surface area contributed by atoms with Gasteiger partial charge in [0, 0.05) is 104 Å². The van der Waals surface area contributed by atoms with Gasteiger partial charge >= 0.3 is 6.18 Å². The average molecular weight is 870 g/mol. The highest BCUT2D eigenvalue weighted by atomic mass is 19.4. The van der Waals surface area contributed by atoms with Crippen molar-refractivity contribution < 1.29 is 41.8 Å². The fourth-order valence-corrected chi connectivity index (χ4v) is 9.04. The Morgan fingerprint density at radius 2 is 1.69 bits per heavy atom. The van der Waals surface area contributed by atoms with Crippen molar-refractivity contribution >= 4 is 45.3 Å². The first kappa shape index (κ1) is 41.0. The van der Waals surface area contributed by atoms with Gasteiger partial charge in [0.15, 0.2) is 0 Å². The lowest BCUT2D eigenvalue weighted by atomic mass is 9.91. The molecule has 7 heterocycles. The van der Waals surface area contributed by atoms with E-state index < -0.39 is 23.8 Å². The number of nitrogens with zero attached hydrogens (tertiary/aromatic N) is 6. The molecule has 3 aliphatic heterocycles. The lowest BCUT2D eigenvalue weighted by Crippen LogP contribution is -2.52. The molecule has 1 N–H and O–H groups in total. The van der Waals surface area contributed by atoms with Crippen molar-refractivity contribution in [3.8, 4) is 34.6 Å². The molecule has 0 bridgehead atoms. The minimum atomic E-state index is -4.67. The number of halogens is 3. The quantitative estimate of drug-likeness (QED) is 0.120. The zero-order chi connectivity index (χ0) is 44.1. The number of aromatic nitrogens is 4. The summed E-state index contributed by atoms with van der Waals surface area (Å²) >= 11 is 0. The van der Waals surface area contributed by atoms with Gasteiger partial charge in [0.05, 0.1) is 17.7 Å². The van der Waals surface area contributed by atoms with Gasteiger partial charge in [0.1, 0.15) is 36.0 Å². The summed E-state index contributed by atoms with van der Waals surface area (Å²) < 4.78 is 62.5. The van der Waals surface area contributed by atoms with Gasteiger partial charge in [-0.1, -0.05) is 24.0 Å². The summed E-state index contributed by atoms with van der Waals surface area (Å²) in [5, 5.41) is 4.56. The molecule has 4 aromatic heterocycles. The molecular weight excluding hydrogens is 828 g/mol. The van der Waals surface area contributed by atoms with Crippen molar-refractivity contribution in [3.05, 3.63) is 108 Å². The van der Waals surface area contributed by atoms with Gasteiger partial charge in [0.25, 0.3) is 5.91 Å². The Hall–Kier alpha value is -6.99. The molecule has 10 rings (SSSR count). The fraction of sp³-hybridized carbons (Fsp3) is 0.333. The third-order valence-electron chi connectivity index (χ3n) is 12.5. The lowest BCUT2D eigenvalue weighted by Gasteiger charge is -2.40. The number of amides is 3. The summed E-state index contributed by atoms with van der Waals surface area (Å²) in [6.45, 7) is 1.01. The molecule has 2 aromatic carbocycles. The Morgan fingerprint density at radius 1 is 0.859 bits per heavy atom. The first-order valence-electron chi connectivity index (χ1n) is 21.3. The number of carbonyl (C=O) groups excluding carboxylic acids is 3. The maximum Gasteiger partial charge on any atom is 0.433 e. The molecule has 1 saturated carbocycles. The molecule has 64 heavy (non-hydrogen) atoms. The number of imide groups is 1. The van der Waals surface area contributed by atoms with Crippen LogP contribution in [-0.4, -0.2) is 86.2 Å². The van der Waals surface area contributed by atoms with Crippen LogP contribution in [0.15, 0.2) is 85.3 Å². The van der Waals surface area contributed by atoms with Gasteiger partial charge < -0.3 is 28.6 Å². The van der Waals surface area contributed by atoms with E-state index in [2.05, 4.69) is 61.9 Å². The van der Waals surface area contributed by atoms with Crippen molar-refractivity contribution in [1.29, 1.82) is 0 Å². The average Bonchev–Trinajstić information content (AvgIpc) is 3.76. The SMILES string of the molecule is Cn1c2ccncc2c2ccc(-c3ccc(O[C@H]4C[C@H](OC5CCN(c6cc(C#CCOc7ccc8c(c7)CN(C7CCC(=O)NC7=O)C8=O)cc(C(F)(F)F)n6)CC5)C4)nc3)cc21. The number of anilines is 1. The monoisotopic (exact) mass is 869 g/mol. The first-order chi connectivity index (χ1) is 30.9. The summed E-state index contributed by atoms with van der Waals surface area (Å²) in [5.41, 5.74) is 4.53. The lowest BCUT2D eigenvalue weighted by molar-refractivity contribution is -0.141. The summed E-state index contributed by atoms with van der Waals surface area (Å²) in [7, 11) is 2.06. The maximum atomic E-state index is 14.0. The molecule has 0 spiro atoms. The van der Waals surface area contributed by atoms with Crippen LogP contribution in [-0.2, 0) is 34.1 Å². The molecule has 1 unspecified atom stereocenters. The first-order valence-corrected chi connectivity index (χ1v) is 21.3. The van der Waals surface area contributed by atoms with Crippen LogP contribution >= 0.6 is 0 Å². The van der Waals surface area contributed by atoms with Crippen LogP contribution in [0.2, 0.25) is 0 Å². The number of carbonyl (C=O) groups is 3. The minimum absolute atomic E-state index is 0.0136. The predicted molar refractivity (Wildman–Crippen MR) is 229 cm³/mol. The van der Waals surface area contributed by atoms with Crippen molar-refractivity contribution in [2.75, 3.05) is 24.6 Å². The minimum Gasteiger partial charge on any atom is -0.481 e. The second-order valence-electron chi connectivity index (χ2n) is 16.6. The van der Waals surface area contributed by atoms with E-state index >= 15 is 0 Å². The molecule has 1 aliphatic carbocycles.